The van der Waals surface area contributed by atoms with Crippen LogP contribution >= 0.6 is 11.3 Å². The van der Waals surface area contributed by atoms with Crippen LogP contribution in [0.2, 0.25) is 0 Å². The highest BCUT2D eigenvalue weighted by molar-refractivity contribution is 7.09. The number of aromatic nitrogens is 3. The number of nitrogens with zero attached hydrogens (tertiary/aromatic N) is 3. The van der Waals surface area contributed by atoms with E-state index in [9.17, 15) is 0 Å². The van der Waals surface area contributed by atoms with Gasteiger partial charge in [0.2, 0.25) is 0 Å². The fourth-order valence-corrected chi connectivity index (χ4v) is 2.36. The van der Waals surface area contributed by atoms with Gasteiger partial charge in [-0.3, -0.25) is 9.67 Å². The first-order valence-corrected chi connectivity index (χ1v) is 6.96. The number of benzene rings is 1. The van der Waals surface area contributed by atoms with Gasteiger partial charge in [-0.05, 0) is 23.8 Å². The zero-order chi connectivity index (χ0) is 12.9. The zero-order valence-electron chi connectivity index (χ0n) is 10.4. The molecule has 3 rings (SSSR count). The average Bonchev–Trinajstić information content (AvgIpc) is 3.11. The molecule has 0 aliphatic carbocycles. The van der Waals surface area contributed by atoms with Crippen LogP contribution in [-0.4, -0.2) is 14.8 Å². The van der Waals surface area contributed by atoms with Crippen LogP contribution < -0.4 is 5.32 Å². The first-order chi connectivity index (χ1) is 9.40. The van der Waals surface area contributed by atoms with E-state index in [2.05, 4.69) is 39.7 Å². The fraction of sp³-hybridized carbons (Fsp3) is 0.143. The zero-order valence-corrected chi connectivity index (χ0v) is 11.2. The maximum Gasteiger partial charge on any atom is 0.0794 e. The van der Waals surface area contributed by atoms with Gasteiger partial charge < -0.3 is 5.32 Å². The molecule has 19 heavy (non-hydrogen) atoms. The topological polar surface area (TPSA) is 42.7 Å². The van der Waals surface area contributed by atoms with E-state index in [-0.39, 0.29) is 0 Å². The van der Waals surface area contributed by atoms with Crippen molar-refractivity contribution in [3.05, 3.63) is 64.9 Å². The first kappa shape index (κ1) is 11.9. The summed E-state index contributed by atoms with van der Waals surface area (Å²) in [4.78, 5) is 5.30. The Morgan fingerprint density at radius 3 is 2.79 bits per heavy atom. The quantitative estimate of drug-likeness (QED) is 0.775. The maximum atomic E-state index is 4.20. The number of rotatable bonds is 5. The normalized spacial score (nSPS) is 10.5. The summed E-state index contributed by atoms with van der Waals surface area (Å²) in [5.41, 5.74) is 4.22. The number of thiazole rings is 1. The van der Waals surface area contributed by atoms with E-state index in [4.69, 9.17) is 0 Å². The third-order valence-corrected chi connectivity index (χ3v) is 3.59. The van der Waals surface area contributed by atoms with E-state index in [1.54, 1.807) is 17.5 Å². The Bertz CT molecular complexity index is 599. The first-order valence-electron chi connectivity index (χ1n) is 6.08. The predicted octanol–water partition coefficient (Wildman–Crippen LogP) is 3.00. The van der Waals surface area contributed by atoms with Gasteiger partial charge in [-0.25, -0.2) is 0 Å². The Morgan fingerprint density at radius 1 is 1.21 bits per heavy atom. The third-order valence-electron chi connectivity index (χ3n) is 2.81. The Labute approximate surface area is 115 Å². The van der Waals surface area contributed by atoms with Gasteiger partial charge in [-0.1, -0.05) is 12.1 Å². The lowest BCUT2D eigenvalue weighted by molar-refractivity contribution is 0.687. The second-order valence-corrected chi connectivity index (χ2v) is 5.19. The Kier molecular flexibility index (Phi) is 3.56. The molecule has 0 aliphatic rings. The van der Waals surface area contributed by atoms with Crippen LogP contribution in [0.1, 0.15) is 10.4 Å². The summed E-state index contributed by atoms with van der Waals surface area (Å²) < 4.78 is 1.92. The predicted molar refractivity (Wildman–Crippen MR) is 77.2 cm³/mol. The molecule has 0 bridgehead atoms. The van der Waals surface area contributed by atoms with Gasteiger partial charge in [0.15, 0.2) is 0 Å². The summed E-state index contributed by atoms with van der Waals surface area (Å²) in [7, 11) is 0. The molecular formula is C14H14N4S. The van der Waals surface area contributed by atoms with Crippen molar-refractivity contribution in [1.29, 1.82) is 0 Å². The monoisotopic (exact) mass is 270 g/mol. The molecular weight excluding hydrogens is 256 g/mol. The van der Waals surface area contributed by atoms with Crippen molar-refractivity contribution < 1.29 is 0 Å². The van der Waals surface area contributed by atoms with Crippen molar-refractivity contribution in [3.8, 4) is 0 Å². The lowest BCUT2D eigenvalue weighted by atomic mass is 10.2. The van der Waals surface area contributed by atoms with E-state index in [0.29, 0.717) is 0 Å². The van der Waals surface area contributed by atoms with Crippen LogP contribution in [0.4, 0.5) is 5.69 Å². The van der Waals surface area contributed by atoms with Crippen molar-refractivity contribution in [2.24, 2.45) is 0 Å². The molecule has 2 heterocycles. The summed E-state index contributed by atoms with van der Waals surface area (Å²) in [6.45, 7) is 1.63. The fourth-order valence-electron chi connectivity index (χ4n) is 1.83. The molecule has 3 aromatic rings. The molecule has 0 atom stereocenters. The molecule has 1 N–H and O–H groups in total. The SMILES string of the molecule is c1cnn(Cc2ccc(NCc3cncs3)cc2)c1. The summed E-state index contributed by atoms with van der Waals surface area (Å²) in [5, 5.41) is 7.58. The van der Waals surface area contributed by atoms with Crippen molar-refractivity contribution >= 4 is 17.0 Å². The Morgan fingerprint density at radius 2 is 2.11 bits per heavy atom. The number of hydrogen-bond donors (Lipinski definition) is 1. The highest BCUT2D eigenvalue weighted by Crippen LogP contribution is 2.13. The second-order valence-electron chi connectivity index (χ2n) is 4.22. The van der Waals surface area contributed by atoms with Crippen LogP contribution in [0, 0.1) is 0 Å². The lowest BCUT2D eigenvalue weighted by Gasteiger charge is -2.06. The van der Waals surface area contributed by atoms with Crippen molar-refractivity contribution in [2.75, 3.05) is 5.32 Å². The van der Waals surface area contributed by atoms with Gasteiger partial charge in [-0.15, -0.1) is 11.3 Å². The van der Waals surface area contributed by atoms with E-state index < -0.39 is 0 Å². The minimum Gasteiger partial charge on any atom is -0.380 e. The highest BCUT2D eigenvalue weighted by Gasteiger charge is 1.98. The van der Waals surface area contributed by atoms with Crippen LogP contribution in [0.3, 0.4) is 0 Å². The van der Waals surface area contributed by atoms with Gasteiger partial charge in [-0.2, -0.15) is 5.10 Å². The second kappa shape index (κ2) is 5.67. The van der Waals surface area contributed by atoms with Gasteiger partial charge in [0, 0.05) is 29.2 Å². The number of nitrogens with one attached hydrogen (secondary N) is 1. The van der Waals surface area contributed by atoms with E-state index >= 15 is 0 Å². The molecule has 0 spiro atoms. The minimum absolute atomic E-state index is 0.808. The van der Waals surface area contributed by atoms with E-state index in [1.807, 2.05) is 28.7 Å². The van der Waals surface area contributed by atoms with Crippen LogP contribution in [0.25, 0.3) is 0 Å². The third kappa shape index (κ3) is 3.20. The van der Waals surface area contributed by atoms with E-state index in [1.165, 1.54) is 10.4 Å². The van der Waals surface area contributed by atoms with Crippen molar-refractivity contribution in [3.63, 3.8) is 0 Å². The highest BCUT2D eigenvalue weighted by atomic mass is 32.1. The summed E-state index contributed by atoms with van der Waals surface area (Å²) in [6, 6.07) is 10.4. The molecule has 96 valence electrons. The van der Waals surface area contributed by atoms with Crippen LogP contribution in [-0.2, 0) is 13.1 Å². The smallest absolute Gasteiger partial charge is 0.0794 e. The molecule has 1 aromatic carbocycles. The number of hydrogen-bond acceptors (Lipinski definition) is 4. The van der Waals surface area contributed by atoms with Gasteiger partial charge in [0.25, 0.3) is 0 Å². The Hall–Kier alpha value is -2.14. The Balaban J connectivity index is 1.59. The van der Waals surface area contributed by atoms with Gasteiger partial charge >= 0.3 is 0 Å². The molecule has 5 heteroatoms. The number of anilines is 1. The summed E-state index contributed by atoms with van der Waals surface area (Å²) in [5.74, 6) is 0. The van der Waals surface area contributed by atoms with Crippen LogP contribution in [0.5, 0.6) is 0 Å². The largest absolute Gasteiger partial charge is 0.380 e. The van der Waals surface area contributed by atoms with E-state index in [0.717, 1.165) is 18.8 Å². The molecule has 0 fully saturated rings. The molecule has 0 unspecified atom stereocenters. The minimum atomic E-state index is 0.808. The average molecular weight is 270 g/mol. The molecule has 4 nitrogen and oxygen atoms in total. The summed E-state index contributed by atoms with van der Waals surface area (Å²) >= 11 is 1.66. The molecule has 0 saturated carbocycles. The van der Waals surface area contributed by atoms with Crippen molar-refractivity contribution in [1.82, 2.24) is 14.8 Å². The van der Waals surface area contributed by atoms with Gasteiger partial charge in [0.05, 0.1) is 18.6 Å². The standard InChI is InChI=1S/C14H14N4S/c1-6-17-18(7-1)10-12-2-4-13(5-3-12)16-9-14-8-15-11-19-14/h1-8,11,16H,9-10H2. The van der Waals surface area contributed by atoms with Crippen molar-refractivity contribution in [2.45, 2.75) is 13.1 Å². The summed E-state index contributed by atoms with van der Waals surface area (Å²) in [6.07, 6.45) is 5.66. The molecule has 0 amide bonds. The molecule has 0 aliphatic heterocycles. The molecule has 0 saturated heterocycles. The van der Waals surface area contributed by atoms with Gasteiger partial charge in [0.1, 0.15) is 0 Å². The lowest BCUT2D eigenvalue weighted by Crippen LogP contribution is -2.01. The molecule has 0 radical (unpaired) electrons. The van der Waals surface area contributed by atoms with Crippen LogP contribution in [0.15, 0.2) is 54.4 Å². The maximum absolute atomic E-state index is 4.20. The molecule has 2 aromatic heterocycles.